The van der Waals surface area contributed by atoms with Crippen LogP contribution in [0.3, 0.4) is 0 Å². The zero-order chi connectivity index (χ0) is 17.3. The number of amides is 1. The summed E-state index contributed by atoms with van der Waals surface area (Å²) >= 11 is 5.80. The summed E-state index contributed by atoms with van der Waals surface area (Å²) in [7, 11) is 0. The van der Waals surface area contributed by atoms with Gasteiger partial charge >= 0.3 is 5.97 Å². The average Bonchev–Trinajstić information content (AvgIpc) is 3.04. The molecule has 0 bridgehead atoms. The summed E-state index contributed by atoms with van der Waals surface area (Å²) in [6, 6.07) is 3.33. The van der Waals surface area contributed by atoms with E-state index in [0.29, 0.717) is 29.6 Å². The van der Waals surface area contributed by atoms with Crippen LogP contribution in [0.4, 0.5) is 0 Å². The Hall–Kier alpha value is -1.92. The third kappa shape index (κ3) is 3.30. The summed E-state index contributed by atoms with van der Waals surface area (Å²) in [5.74, 6) is -1.62. The van der Waals surface area contributed by atoms with Crippen molar-refractivity contribution in [2.75, 3.05) is 13.2 Å². The summed E-state index contributed by atoms with van der Waals surface area (Å²) < 4.78 is 5.58. The quantitative estimate of drug-likeness (QED) is 0.844. The summed E-state index contributed by atoms with van der Waals surface area (Å²) in [4.78, 5) is 30.0. The Morgan fingerprint density at radius 1 is 1.50 bits per heavy atom. The molecule has 0 aromatic carbocycles. The molecule has 2 aliphatic rings. The number of halogens is 1. The number of carbonyl (C=O) groups is 2. The molecule has 1 saturated heterocycles. The Bertz CT molecular complexity index is 680. The maximum absolute atomic E-state index is 12.6. The van der Waals surface area contributed by atoms with Gasteiger partial charge in [0.25, 0.3) is 0 Å². The first kappa shape index (κ1) is 16.9. The minimum absolute atomic E-state index is 0.0207. The molecular weight excluding hydrogens is 332 g/mol. The van der Waals surface area contributed by atoms with Gasteiger partial charge in [0, 0.05) is 30.8 Å². The molecule has 0 saturated carbocycles. The molecule has 0 aliphatic carbocycles. The van der Waals surface area contributed by atoms with Gasteiger partial charge < -0.3 is 14.7 Å². The number of hydrogen-bond acceptors (Lipinski definition) is 4. The number of rotatable bonds is 4. The van der Waals surface area contributed by atoms with Crippen molar-refractivity contribution in [1.82, 2.24) is 9.88 Å². The molecule has 0 unspecified atom stereocenters. The van der Waals surface area contributed by atoms with E-state index in [2.05, 4.69) is 4.98 Å². The molecule has 0 radical (unpaired) electrons. The second-order valence-corrected chi connectivity index (χ2v) is 6.50. The van der Waals surface area contributed by atoms with Crippen molar-refractivity contribution in [1.29, 1.82) is 0 Å². The number of pyridine rings is 1. The summed E-state index contributed by atoms with van der Waals surface area (Å²) in [6.45, 7) is 2.79. The first-order chi connectivity index (χ1) is 11.5. The fraction of sp³-hybridized carbons (Fsp3) is 0.471. The van der Waals surface area contributed by atoms with Gasteiger partial charge in [-0.3, -0.25) is 4.79 Å². The maximum atomic E-state index is 12.6. The largest absolute Gasteiger partial charge is 0.478 e. The third-order valence-electron chi connectivity index (χ3n) is 4.62. The van der Waals surface area contributed by atoms with E-state index in [1.54, 1.807) is 24.0 Å². The molecule has 24 heavy (non-hydrogen) atoms. The van der Waals surface area contributed by atoms with Gasteiger partial charge in [-0.05, 0) is 31.4 Å². The predicted molar refractivity (Wildman–Crippen MR) is 87.6 cm³/mol. The molecule has 1 amide bonds. The minimum Gasteiger partial charge on any atom is -0.478 e. The van der Waals surface area contributed by atoms with Crippen LogP contribution in [0.25, 0.3) is 0 Å². The van der Waals surface area contributed by atoms with Crippen LogP contribution in [0.2, 0.25) is 5.15 Å². The van der Waals surface area contributed by atoms with Gasteiger partial charge in [-0.2, -0.15) is 0 Å². The highest BCUT2D eigenvalue weighted by Crippen LogP contribution is 2.37. The van der Waals surface area contributed by atoms with Crippen molar-refractivity contribution < 1.29 is 19.4 Å². The molecule has 7 heteroatoms. The Kier molecular flexibility index (Phi) is 4.87. The monoisotopic (exact) mass is 350 g/mol. The summed E-state index contributed by atoms with van der Waals surface area (Å²) in [5.41, 5.74) is 1.40. The topological polar surface area (TPSA) is 79.7 Å². The normalized spacial score (nSPS) is 24.6. The molecule has 1 aromatic heterocycles. The summed E-state index contributed by atoms with van der Waals surface area (Å²) in [6.07, 6.45) is 3.48. The van der Waals surface area contributed by atoms with Gasteiger partial charge in [0.1, 0.15) is 5.15 Å². The number of aliphatic carboxylic acids is 1. The van der Waals surface area contributed by atoms with Crippen molar-refractivity contribution in [3.8, 4) is 0 Å². The Labute approximate surface area is 145 Å². The molecule has 3 heterocycles. The van der Waals surface area contributed by atoms with Gasteiger partial charge in [-0.15, -0.1) is 0 Å². The lowest BCUT2D eigenvalue weighted by Gasteiger charge is -2.35. The fourth-order valence-corrected chi connectivity index (χ4v) is 3.50. The smallest absolute Gasteiger partial charge is 0.333 e. The number of allylic oxidation sites excluding steroid dienone is 1. The van der Waals surface area contributed by atoms with Crippen LogP contribution in [-0.4, -0.2) is 46.1 Å². The molecule has 1 N–H and O–H groups in total. The van der Waals surface area contributed by atoms with Crippen molar-refractivity contribution in [3.05, 3.63) is 40.3 Å². The molecule has 2 aliphatic heterocycles. The van der Waals surface area contributed by atoms with E-state index in [1.807, 2.05) is 0 Å². The molecule has 0 spiro atoms. The van der Waals surface area contributed by atoms with E-state index in [4.69, 9.17) is 16.3 Å². The molecule has 2 atom stereocenters. The number of carbonyl (C=O) groups excluding carboxylic acids is 1. The number of carboxylic acid groups (broad SMARTS) is 1. The molecule has 1 aromatic rings. The van der Waals surface area contributed by atoms with E-state index < -0.39 is 11.9 Å². The van der Waals surface area contributed by atoms with Crippen LogP contribution in [0.5, 0.6) is 0 Å². The number of aromatic nitrogens is 1. The number of nitrogens with zero attached hydrogens (tertiary/aromatic N) is 2. The minimum atomic E-state index is -1.02. The summed E-state index contributed by atoms with van der Waals surface area (Å²) in [5, 5.41) is 10.0. The first-order valence-electron chi connectivity index (χ1n) is 7.95. The van der Waals surface area contributed by atoms with Gasteiger partial charge in [0.2, 0.25) is 5.91 Å². The molecule has 6 nitrogen and oxygen atoms in total. The van der Waals surface area contributed by atoms with Crippen LogP contribution in [0.1, 0.15) is 37.7 Å². The highest BCUT2D eigenvalue weighted by molar-refractivity contribution is 6.29. The van der Waals surface area contributed by atoms with Crippen LogP contribution >= 0.6 is 11.6 Å². The lowest BCUT2D eigenvalue weighted by atomic mass is 9.84. The number of ether oxygens (including phenoxy) is 1. The van der Waals surface area contributed by atoms with Crippen molar-refractivity contribution in [2.24, 2.45) is 0 Å². The fourth-order valence-electron chi connectivity index (χ4n) is 3.38. The second-order valence-electron chi connectivity index (χ2n) is 6.11. The van der Waals surface area contributed by atoms with E-state index in [0.717, 1.165) is 12.8 Å². The average molecular weight is 351 g/mol. The van der Waals surface area contributed by atoms with Gasteiger partial charge in [-0.1, -0.05) is 17.7 Å². The van der Waals surface area contributed by atoms with Gasteiger partial charge in [-0.25, -0.2) is 9.78 Å². The second kappa shape index (κ2) is 6.91. The Morgan fingerprint density at radius 2 is 2.29 bits per heavy atom. The molecule has 128 valence electrons. The Morgan fingerprint density at radius 3 is 2.88 bits per heavy atom. The SMILES string of the molecule is CC1=C(C(=O)O)[C@H](c2ccc(Cl)nc2)CC(=O)N1C[C@@H]1CCCO1. The predicted octanol–water partition coefficient (Wildman–Crippen LogP) is 2.59. The highest BCUT2D eigenvalue weighted by Gasteiger charge is 2.37. The van der Waals surface area contributed by atoms with Crippen LogP contribution in [0, 0.1) is 0 Å². The van der Waals surface area contributed by atoms with Crippen LogP contribution < -0.4 is 0 Å². The first-order valence-corrected chi connectivity index (χ1v) is 8.32. The van der Waals surface area contributed by atoms with E-state index in [9.17, 15) is 14.7 Å². The molecule has 1 fully saturated rings. The van der Waals surface area contributed by atoms with E-state index in [-0.39, 0.29) is 24.0 Å². The van der Waals surface area contributed by atoms with Crippen molar-refractivity contribution in [3.63, 3.8) is 0 Å². The van der Waals surface area contributed by atoms with E-state index in [1.165, 1.54) is 6.20 Å². The van der Waals surface area contributed by atoms with E-state index >= 15 is 0 Å². The lowest BCUT2D eigenvalue weighted by molar-refractivity contribution is -0.135. The maximum Gasteiger partial charge on any atom is 0.333 e. The Balaban J connectivity index is 1.94. The number of carboxylic acids is 1. The van der Waals surface area contributed by atoms with Gasteiger partial charge in [0.15, 0.2) is 0 Å². The van der Waals surface area contributed by atoms with Crippen molar-refractivity contribution in [2.45, 2.75) is 38.2 Å². The standard InChI is InChI=1S/C17H19ClN2O4/c1-10-16(17(22)23)13(11-4-5-14(18)19-8-11)7-15(21)20(10)9-12-3-2-6-24-12/h4-5,8,12-13H,2-3,6-7,9H2,1H3,(H,22,23)/t12-,13-/m0/s1. The highest BCUT2D eigenvalue weighted by atomic mass is 35.5. The number of hydrogen-bond donors (Lipinski definition) is 1. The van der Waals surface area contributed by atoms with Crippen molar-refractivity contribution >= 4 is 23.5 Å². The van der Waals surface area contributed by atoms with Crippen LogP contribution in [0.15, 0.2) is 29.6 Å². The molecule has 3 rings (SSSR count). The zero-order valence-corrected chi connectivity index (χ0v) is 14.1. The van der Waals surface area contributed by atoms with Crippen LogP contribution in [-0.2, 0) is 14.3 Å². The van der Waals surface area contributed by atoms with Gasteiger partial charge in [0.05, 0.1) is 18.2 Å². The molecular formula is C17H19ClN2O4. The lowest BCUT2D eigenvalue weighted by Crippen LogP contribution is -2.41. The third-order valence-corrected chi connectivity index (χ3v) is 4.84. The zero-order valence-electron chi connectivity index (χ0n) is 13.4.